The third kappa shape index (κ3) is 9.30. The predicted octanol–water partition coefficient (Wildman–Crippen LogP) is 17.1. The van der Waals surface area contributed by atoms with E-state index in [2.05, 4.69) is 117 Å². The van der Waals surface area contributed by atoms with Crippen molar-refractivity contribution < 1.29 is 24.2 Å². The molecule has 6 heteroatoms. The first-order valence-corrected chi connectivity index (χ1v) is 30.1. The minimum atomic E-state index is -0.593. The molecule has 7 saturated carbocycles. The van der Waals surface area contributed by atoms with E-state index in [-0.39, 0.29) is 55.2 Å². The molecule has 2 N–H and O–H groups in total. The molecule has 12 unspecified atom stereocenters. The van der Waals surface area contributed by atoms with Gasteiger partial charge in [0.2, 0.25) is 5.91 Å². The van der Waals surface area contributed by atoms with E-state index in [9.17, 15) is 19.5 Å². The summed E-state index contributed by atoms with van der Waals surface area (Å²) in [4.78, 5) is 38.1. The highest BCUT2D eigenvalue weighted by Gasteiger charge is 2.62. The van der Waals surface area contributed by atoms with E-state index in [1.807, 2.05) is 6.92 Å². The van der Waals surface area contributed by atoms with Gasteiger partial charge in [-0.3, -0.25) is 14.4 Å². The second-order valence-corrected chi connectivity index (χ2v) is 28.4. The number of esters is 1. The molecule has 1 amide bonds. The van der Waals surface area contributed by atoms with E-state index in [1.165, 1.54) is 96.3 Å². The summed E-state index contributed by atoms with van der Waals surface area (Å²) in [6.07, 6.45) is 44.1. The maximum atomic E-state index is 13.6. The van der Waals surface area contributed by atoms with Crippen molar-refractivity contribution >= 4 is 17.8 Å². The summed E-state index contributed by atoms with van der Waals surface area (Å²) in [7, 11) is 1.54. The summed E-state index contributed by atoms with van der Waals surface area (Å²) in [5.41, 5.74) is 4.81. The van der Waals surface area contributed by atoms with Crippen LogP contribution in [0.4, 0.5) is 0 Å². The van der Waals surface area contributed by atoms with Crippen LogP contribution in [0.3, 0.4) is 0 Å². The molecule has 0 spiro atoms. The summed E-state index contributed by atoms with van der Waals surface area (Å²) in [5.74, 6) is 2.73. The summed E-state index contributed by atoms with van der Waals surface area (Å²) in [5, 5.41) is 13.4. The first-order valence-electron chi connectivity index (χ1n) is 30.1. The third-order valence-corrected chi connectivity index (χ3v) is 24.7. The predicted molar refractivity (Wildman–Crippen MR) is 300 cm³/mol. The molecule has 406 valence electrons. The number of ether oxygens (including phenoxy) is 1. The van der Waals surface area contributed by atoms with Gasteiger partial charge in [-0.25, -0.2) is 0 Å². The van der Waals surface area contributed by atoms with Crippen molar-refractivity contribution in [1.29, 1.82) is 0 Å². The molecule has 0 saturated heterocycles. The van der Waals surface area contributed by atoms with Crippen LogP contribution < -0.4 is 5.32 Å². The Morgan fingerprint density at radius 2 is 0.849 bits per heavy atom. The van der Waals surface area contributed by atoms with Crippen molar-refractivity contribution in [1.82, 2.24) is 5.32 Å². The molecule has 10 rings (SSSR count). The van der Waals surface area contributed by atoms with Crippen LogP contribution in [0.2, 0.25) is 0 Å². The number of fused-ring (bicyclic) bond motifs is 9. The molecule has 0 aromatic carbocycles. The van der Waals surface area contributed by atoms with Crippen molar-refractivity contribution in [3.63, 3.8) is 0 Å². The van der Waals surface area contributed by atoms with E-state index < -0.39 is 11.4 Å². The van der Waals surface area contributed by atoms with Crippen LogP contribution in [0.15, 0.2) is 72.9 Å². The minimum Gasteiger partial charge on any atom is -0.481 e. The normalized spacial score (nSPS) is 45.9. The lowest BCUT2D eigenvalue weighted by atomic mass is 9.44. The lowest BCUT2D eigenvalue weighted by Gasteiger charge is -2.60. The standard InChI is InChI=1S/C26H41NO.C21H32O2.C20H30O2/c1-5-24(2)16-9-13-21-20(24)14-15-22-25(21,3)17-10-18-26(22,4)23(28)27-19-11-7-6-8-12-19;1-6-19(2)12-7-9-16-15(19)10-11-17-20(16,3)13-8-14-21(17,4)18(22)23-5;1-5-18(2)11-6-8-15-14(18)9-10-16-19(15,3)12-7-13-20(16,4)17(21)22/h5,13,19-20,22H,1,6-12,14-18H2,2-4H3,(H,27,28);6,9,15,17H,1,7-8,10-14H2,2-5H3;5,8,14,16H,1,6-7,9-13H2,2-4H3,(H,21,22)/t20?,22?,24-,25?,26?;15?,17?,19-,20?,21?;14?,16?,18-,19?,20?/m000/s1. The summed E-state index contributed by atoms with van der Waals surface area (Å²) in [6.45, 7) is 33.3. The number of aliphatic carboxylic acids is 1. The number of carbonyl (C=O) groups is 3. The van der Waals surface area contributed by atoms with E-state index in [0.717, 1.165) is 70.6 Å². The van der Waals surface area contributed by atoms with Crippen molar-refractivity contribution in [3.8, 4) is 0 Å². The van der Waals surface area contributed by atoms with Crippen LogP contribution in [0.5, 0.6) is 0 Å². The zero-order chi connectivity index (χ0) is 53.0. The molecule has 0 radical (unpaired) electrons. The van der Waals surface area contributed by atoms with E-state index in [0.29, 0.717) is 41.5 Å². The minimum absolute atomic E-state index is 0.00485. The van der Waals surface area contributed by atoms with Gasteiger partial charge < -0.3 is 15.2 Å². The Bertz CT molecular complexity index is 2230. The number of methoxy groups -OCH3 is 1. The molecule has 0 aromatic heterocycles. The van der Waals surface area contributed by atoms with Gasteiger partial charge in [0.1, 0.15) is 0 Å². The molecule has 10 aliphatic rings. The maximum absolute atomic E-state index is 13.6. The van der Waals surface area contributed by atoms with E-state index >= 15 is 0 Å². The number of rotatable bonds is 7. The Morgan fingerprint density at radius 1 is 0.493 bits per heavy atom. The summed E-state index contributed by atoms with van der Waals surface area (Å²) < 4.78 is 5.21. The first-order chi connectivity index (χ1) is 34.4. The summed E-state index contributed by atoms with van der Waals surface area (Å²) >= 11 is 0. The SMILES string of the molecule is C=C[C@@]1(C)CCC=C2C1CCC1C(C)(C(=O)NC3CCCCC3)CCCC21C.C=C[C@@]1(C)CCC=C2C1CCC1C(C)(C(=O)O)CCCC21C.C=C[C@@]1(C)CCC=C2C1CCC1C(C)(C(=O)OC)CCCC21C. The lowest BCUT2D eigenvalue weighted by molar-refractivity contribution is -0.164. The Hall–Kier alpha value is -3.15. The number of hydrogen-bond acceptors (Lipinski definition) is 4. The molecule has 6 nitrogen and oxygen atoms in total. The number of carbonyl (C=O) groups excluding carboxylic acids is 2. The number of hydrogen-bond donors (Lipinski definition) is 2. The molecule has 15 atom stereocenters. The van der Waals surface area contributed by atoms with Crippen molar-refractivity contribution in [2.45, 2.75) is 235 Å². The van der Waals surface area contributed by atoms with Crippen molar-refractivity contribution in [2.24, 2.45) is 84.2 Å². The summed E-state index contributed by atoms with van der Waals surface area (Å²) in [6, 6.07) is 0.417. The van der Waals surface area contributed by atoms with Crippen LogP contribution >= 0.6 is 0 Å². The van der Waals surface area contributed by atoms with Gasteiger partial charge in [-0.15, -0.1) is 19.7 Å². The fourth-order valence-electron chi connectivity index (χ4n) is 19.9. The van der Waals surface area contributed by atoms with Gasteiger partial charge >= 0.3 is 11.9 Å². The largest absolute Gasteiger partial charge is 0.481 e. The van der Waals surface area contributed by atoms with Gasteiger partial charge in [0.25, 0.3) is 0 Å². The quantitative estimate of drug-likeness (QED) is 0.196. The number of nitrogens with one attached hydrogen (secondary N) is 1. The number of allylic oxidation sites excluding steroid dienone is 9. The molecule has 0 aromatic rings. The van der Waals surface area contributed by atoms with Gasteiger partial charge in [-0.2, -0.15) is 0 Å². The molecule has 10 aliphatic carbocycles. The van der Waals surface area contributed by atoms with Crippen LogP contribution in [-0.2, 0) is 19.1 Å². The van der Waals surface area contributed by atoms with Gasteiger partial charge in [-0.05, 0) is 210 Å². The zero-order valence-electron chi connectivity index (χ0n) is 48.1. The zero-order valence-corrected chi connectivity index (χ0v) is 48.1. The monoisotopic (exact) mass is 1000 g/mol. The molecule has 0 aliphatic heterocycles. The van der Waals surface area contributed by atoms with Crippen molar-refractivity contribution in [3.05, 3.63) is 72.9 Å². The fraction of sp³-hybridized carbons (Fsp3) is 0.776. The molecular formula is C67H103NO5. The smallest absolute Gasteiger partial charge is 0.311 e. The van der Waals surface area contributed by atoms with Gasteiger partial charge in [0, 0.05) is 6.04 Å². The first kappa shape index (κ1) is 56.1. The number of carboxylic acid groups (broad SMARTS) is 1. The van der Waals surface area contributed by atoms with Gasteiger partial charge in [0.05, 0.1) is 23.4 Å². The van der Waals surface area contributed by atoms with Crippen LogP contribution in [0.1, 0.15) is 229 Å². The molecule has 0 bridgehead atoms. The van der Waals surface area contributed by atoms with Crippen LogP contribution in [0.25, 0.3) is 0 Å². The van der Waals surface area contributed by atoms with Crippen molar-refractivity contribution in [2.75, 3.05) is 7.11 Å². The van der Waals surface area contributed by atoms with Crippen LogP contribution in [0, 0.1) is 84.2 Å². The third-order valence-electron chi connectivity index (χ3n) is 24.7. The van der Waals surface area contributed by atoms with Crippen LogP contribution in [-0.4, -0.2) is 36.1 Å². The topological polar surface area (TPSA) is 92.7 Å². The maximum Gasteiger partial charge on any atom is 0.311 e. The highest BCUT2D eigenvalue weighted by molar-refractivity contribution is 5.83. The Morgan fingerprint density at radius 3 is 1.22 bits per heavy atom. The molecule has 7 fully saturated rings. The van der Waals surface area contributed by atoms with E-state index in [4.69, 9.17) is 4.74 Å². The highest BCUT2D eigenvalue weighted by atomic mass is 16.5. The van der Waals surface area contributed by atoms with Gasteiger partial charge in [0.15, 0.2) is 0 Å². The molecular weight excluding hydrogens is 899 g/mol. The highest BCUT2D eigenvalue weighted by Crippen LogP contribution is 2.68. The number of carboxylic acids is 1. The number of amides is 1. The Balaban J connectivity index is 0.000000148. The fourth-order valence-corrected chi connectivity index (χ4v) is 19.9. The average molecular weight is 1000 g/mol. The Labute approximate surface area is 445 Å². The second-order valence-electron chi connectivity index (χ2n) is 28.4. The van der Waals surface area contributed by atoms with Gasteiger partial charge in [-0.1, -0.05) is 140 Å². The molecule has 73 heavy (non-hydrogen) atoms. The lowest BCUT2D eigenvalue weighted by Crippen LogP contribution is -2.57. The second kappa shape index (κ2) is 20.7. The molecule has 0 heterocycles. The average Bonchev–Trinajstić information content (AvgIpc) is 3.37. The Kier molecular flexibility index (Phi) is 15.9. The van der Waals surface area contributed by atoms with E-state index in [1.54, 1.807) is 23.8 Å².